The van der Waals surface area contributed by atoms with Crippen LogP contribution >= 0.6 is 31.9 Å². The number of ketones is 1. The van der Waals surface area contributed by atoms with Gasteiger partial charge in [0.05, 0.1) is 12.0 Å². The molecular weight excluding hydrogens is 322 g/mol. The SMILES string of the molecule is CC(=O)CC(C#N)c1cc(Br)cc(Br)c1. The number of hydrogen-bond donors (Lipinski definition) is 0. The molecule has 0 aliphatic carbocycles. The van der Waals surface area contributed by atoms with Crippen molar-refractivity contribution in [3.63, 3.8) is 0 Å². The maximum Gasteiger partial charge on any atom is 0.131 e. The van der Waals surface area contributed by atoms with Gasteiger partial charge in [-0.05, 0) is 30.7 Å². The Labute approximate surface area is 106 Å². The Hall–Kier alpha value is -0.660. The van der Waals surface area contributed by atoms with Crippen LogP contribution in [-0.2, 0) is 4.79 Å². The Kier molecular flexibility index (Phi) is 4.49. The number of rotatable bonds is 3. The fourth-order valence-electron chi connectivity index (χ4n) is 1.30. The monoisotopic (exact) mass is 329 g/mol. The minimum atomic E-state index is -0.365. The van der Waals surface area contributed by atoms with Crippen molar-refractivity contribution >= 4 is 37.6 Å². The first-order valence-electron chi connectivity index (χ1n) is 4.38. The van der Waals surface area contributed by atoms with Crippen molar-refractivity contribution in [2.45, 2.75) is 19.3 Å². The Bertz CT molecular complexity index is 403. The summed E-state index contributed by atoms with van der Waals surface area (Å²) < 4.78 is 1.80. The Morgan fingerprint density at radius 2 is 1.93 bits per heavy atom. The summed E-state index contributed by atoms with van der Waals surface area (Å²) in [5, 5.41) is 8.98. The molecule has 0 aliphatic heterocycles. The van der Waals surface area contributed by atoms with Crippen LogP contribution in [0.5, 0.6) is 0 Å². The predicted molar refractivity (Wildman–Crippen MR) is 65.5 cm³/mol. The summed E-state index contributed by atoms with van der Waals surface area (Å²) >= 11 is 6.70. The van der Waals surface area contributed by atoms with Crippen molar-refractivity contribution in [3.8, 4) is 6.07 Å². The van der Waals surface area contributed by atoms with Crippen molar-refractivity contribution in [2.75, 3.05) is 0 Å². The molecule has 1 aromatic carbocycles. The lowest BCUT2D eigenvalue weighted by atomic mass is 9.96. The van der Waals surface area contributed by atoms with E-state index in [1.165, 1.54) is 6.92 Å². The summed E-state index contributed by atoms with van der Waals surface area (Å²) in [5.74, 6) is -0.339. The highest BCUT2D eigenvalue weighted by molar-refractivity contribution is 9.11. The molecule has 4 heteroatoms. The molecule has 0 amide bonds. The van der Waals surface area contributed by atoms with Gasteiger partial charge in [0.1, 0.15) is 5.78 Å². The molecular formula is C11H9Br2NO. The minimum absolute atomic E-state index is 0.0256. The molecule has 0 bridgehead atoms. The molecule has 0 aromatic heterocycles. The number of hydrogen-bond acceptors (Lipinski definition) is 2. The fourth-order valence-corrected chi connectivity index (χ4v) is 2.63. The van der Waals surface area contributed by atoms with E-state index in [9.17, 15) is 4.79 Å². The van der Waals surface area contributed by atoms with E-state index >= 15 is 0 Å². The van der Waals surface area contributed by atoms with E-state index in [0.29, 0.717) is 0 Å². The summed E-state index contributed by atoms with van der Waals surface area (Å²) in [6.07, 6.45) is 0.263. The molecule has 1 unspecified atom stereocenters. The van der Waals surface area contributed by atoms with E-state index in [-0.39, 0.29) is 18.1 Å². The molecule has 0 N–H and O–H groups in total. The van der Waals surface area contributed by atoms with E-state index in [1.54, 1.807) is 0 Å². The molecule has 78 valence electrons. The summed E-state index contributed by atoms with van der Waals surface area (Å²) in [6, 6.07) is 7.76. The summed E-state index contributed by atoms with van der Waals surface area (Å²) in [5.41, 5.74) is 0.856. The minimum Gasteiger partial charge on any atom is -0.300 e. The highest BCUT2D eigenvalue weighted by Gasteiger charge is 2.13. The lowest BCUT2D eigenvalue weighted by molar-refractivity contribution is -0.117. The Morgan fingerprint density at radius 3 is 2.33 bits per heavy atom. The van der Waals surface area contributed by atoms with Gasteiger partial charge < -0.3 is 0 Å². The maximum absolute atomic E-state index is 11.0. The highest BCUT2D eigenvalue weighted by atomic mass is 79.9. The van der Waals surface area contributed by atoms with E-state index in [1.807, 2.05) is 18.2 Å². The number of carbonyl (C=O) groups excluding carboxylic acids is 1. The van der Waals surface area contributed by atoms with Crippen LogP contribution in [0.4, 0.5) is 0 Å². The van der Waals surface area contributed by atoms with Crippen LogP contribution in [0.15, 0.2) is 27.1 Å². The van der Waals surface area contributed by atoms with Gasteiger partial charge in [0, 0.05) is 15.4 Å². The zero-order valence-corrected chi connectivity index (χ0v) is 11.3. The van der Waals surface area contributed by atoms with E-state index in [4.69, 9.17) is 5.26 Å². The van der Waals surface area contributed by atoms with Crippen LogP contribution in [0.3, 0.4) is 0 Å². The molecule has 0 saturated heterocycles. The number of nitriles is 1. The van der Waals surface area contributed by atoms with Gasteiger partial charge in [-0.15, -0.1) is 0 Å². The average Bonchev–Trinajstić information content (AvgIpc) is 2.12. The van der Waals surface area contributed by atoms with Crippen molar-refractivity contribution in [2.24, 2.45) is 0 Å². The standard InChI is InChI=1S/C11H9Br2NO/c1-7(15)2-9(6-14)8-3-10(12)5-11(13)4-8/h3-5,9H,2H2,1H3. The zero-order chi connectivity index (χ0) is 11.4. The Balaban J connectivity index is 3.02. The summed E-state index contributed by atoms with van der Waals surface area (Å²) in [4.78, 5) is 11.0. The normalized spacial score (nSPS) is 11.9. The van der Waals surface area contributed by atoms with E-state index in [2.05, 4.69) is 37.9 Å². The molecule has 0 saturated carbocycles. The predicted octanol–water partition coefficient (Wildman–Crippen LogP) is 3.80. The largest absolute Gasteiger partial charge is 0.300 e. The summed E-state index contributed by atoms with van der Waals surface area (Å²) in [7, 11) is 0. The highest BCUT2D eigenvalue weighted by Crippen LogP contribution is 2.27. The van der Waals surface area contributed by atoms with Gasteiger partial charge >= 0.3 is 0 Å². The van der Waals surface area contributed by atoms with Crippen LogP contribution in [-0.4, -0.2) is 5.78 Å². The zero-order valence-electron chi connectivity index (χ0n) is 8.13. The Morgan fingerprint density at radius 1 is 1.40 bits per heavy atom. The first-order valence-corrected chi connectivity index (χ1v) is 5.96. The molecule has 0 spiro atoms. The topological polar surface area (TPSA) is 40.9 Å². The van der Waals surface area contributed by atoms with Crippen LogP contribution in [0.1, 0.15) is 24.8 Å². The molecule has 1 atom stereocenters. The molecule has 0 heterocycles. The van der Waals surface area contributed by atoms with Crippen LogP contribution < -0.4 is 0 Å². The van der Waals surface area contributed by atoms with Gasteiger partial charge in [0.15, 0.2) is 0 Å². The first-order chi connectivity index (χ1) is 7.02. The van der Waals surface area contributed by atoms with Crippen LogP contribution in [0, 0.1) is 11.3 Å². The third kappa shape index (κ3) is 3.77. The first kappa shape index (κ1) is 12.4. The smallest absolute Gasteiger partial charge is 0.131 e. The van der Waals surface area contributed by atoms with Gasteiger partial charge in [0.2, 0.25) is 0 Å². The third-order valence-corrected chi connectivity index (χ3v) is 2.85. The lowest BCUT2D eigenvalue weighted by Gasteiger charge is -2.08. The number of benzene rings is 1. The second-order valence-corrected chi connectivity index (χ2v) is 5.12. The van der Waals surface area contributed by atoms with Crippen molar-refractivity contribution in [1.82, 2.24) is 0 Å². The van der Waals surface area contributed by atoms with Crippen LogP contribution in [0.25, 0.3) is 0 Å². The number of nitrogens with zero attached hydrogens (tertiary/aromatic N) is 1. The molecule has 1 aromatic rings. The van der Waals surface area contributed by atoms with Gasteiger partial charge in [-0.25, -0.2) is 0 Å². The second-order valence-electron chi connectivity index (χ2n) is 3.29. The van der Waals surface area contributed by atoms with Gasteiger partial charge in [-0.1, -0.05) is 31.9 Å². The van der Waals surface area contributed by atoms with Crippen LogP contribution in [0.2, 0.25) is 0 Å². The maximum atomic E-state index is 11.0. The second kappa shape index (κ2) is 5.43. The number of Topliss-reactive ketones (excluding diaryl/α,β-unsaturated/α-hetero) is 1. The van der Waals surface area contributed by atoms with Gasteiger partial charge in [0.25, 0.3) is 0 Å². The van der Waals surface area contributed by atoms with Crippen molar-refractivity contribution < 1.29 is 4.79 Å². The molecule has 0 aliphatic rings. The van der Waals surface area contributed by atoms with E-state index < -0.39 is 0 Å². The van der Waals surface area contributed by atoms with Gasteiger partial charge in [-0.3, -0.25) is 4.79 Å². The molecule has 0 radical (unpaired) electrons. The molecule has 2 nitrogen and oxygen atoms in total. The van der Waals surface area contributed by atoms with Crippen molar-refractivity contribution in [1.29, 1.82) is 5.26 Å². The average molecular weight is 331 g/mol. The number of carbonyl (C=O) groups is 1. The quantitative estimate of drug-likeness (QED) is 0.845. The lowest BCUT2D eigenvalue weighted by Crippen LogP contribution is -2.02. The summed E-state index contributed by atoms with van der Waals surface area (Å²) in [6.45, 7) is 1.50. The molecule has 0 fully saturated rings. The molecule has 15 heavy (non-hydrogen) atoms. The third-order valence-electron chi connectivity index (χ3n) is 1.93. The number of halogens is 2. The van der Waals surface area contributed by atoms with Crippen molar-refractivity contribution in [3.05, 3.63) is 32.7 Å². The molecule has 1 rings (SSSR count). The van der Waals surface area contributed by atoms with E-state index in [0.717, 1.165) is 14.5 Å². The fraction of sp³-hybridized carbons (Fsp3) is 0.273. The van der Waals surface area contributed by atoms with Gasteiger partial charge in [-0.2, -0.15) is 5.26 Å².